The number of benzene rings is 1. The van der Waals surface area contributed by atoms with Gasteiger partial charge in [0.25, 0.3) is 5.69 Å². The lowest BCUT2D eigenvalue weighted by atomic mass is 10.2. The number of hydrogen-bond acceptors (Lipinski definition) is 6. The number of nitrogens with one attached hydrogen (secondary N) is 1. The Kier molecular flexibility index (Phi) is 5.34. The van der Waals surface area contributed by atoms with E-state index in [1.54, 1.807) is 26.8 Å². The van der Waals surface area contributed by atoms with Gasteiger partial charge in [0.05, 0.1) is 4.92 Å². The van der Waals surface area contributed by atoms with E-state index in [0.717, 1.165) is 0 Å². The van der Waals surface area contributed by atoms with Crippen molar-refractivity contribution >= 4 is 17.7 Å². The Bertz CT molecular complexity index is 722. The Labute approximate surface area is 151 Å². The van der Waals surface area contributed by atoms with Crippen LogP contribution in [0.5, 0.6) is 0 Å². The van der Waals surface area contributed by atoms with E-state index in [1.165, 1.54) is 24.3 Å². The van der Waals surface area contributed by atoms with Crippen molar-refractivity contribution < 1.29 is 24.0 Å². The zero-order valence-electron chi connectivity index (χ0n) is 15.0. The molecule has 140 valence electrons. The van der Waals surface area contributed by atoms with Gasteiger partial charge in [-0.1, -0.05) is 6.08 Å². The molecule has 8 nitrogen and oxygen atoms in total. The number of hydrogen-bond donors (Lipinski definition) is 1. The molecule has 26 heavy (non-hydrogen) atoms. The van der Waals surface area contributed by atoms with Crippen LogP contribution in [0, 0.1) is 16.0 Å². The molecule has 2 atom stereocenters. The summed E-state index contributed by atoms with van der Waals surface area (Å²) < 4.78 is 10.5. The first-order valence-corrected chi connectivity index (χ1v) is 8.12. The first-order valence-electron chi connectivity index (χ1n) is 8.12. The molecule has 1 aromatic rings. The number of alkyl carbamates (subject to hydrolysis) is 1. The standard InChI is InChI=1S/C18H22N2O6/c1-5-13-10-18(13,19-16(22)26-17(2,3)4)15(21)25-11-12-6-8-14(9-7-12)20(23)24/h5-9,13H,1,10-11H2,2-4H3,(H,19,22)/t13-,18-/m1/s1. The normalized spacial score (nSPS) is 21.4. The van der Waals surface area contributed by atoms with Gasteiger partial charge in [-0.15, -0.1) is 6.58 Å². The third kappa shape index (κ3) is 4.59. The molecule has 1 amide bonds. The summed E-state index contributed by atoms with van der Waals surface area (Å²) >= 11 is 0. The molecule has 0 bridgehead atoms. The second-order valence-corrected chi connectivity index (χ2v) is 7.14. The average molecular weight is 362 g/mol. The minimum absolute atomic E-state index is 0.0444. The van der Waals surface area contributed by atoms with E-state index >= 15 is 0 Å². The highest BCUT2D eigenvalue weighted by Gasteiger charge is 2.61. The minimum atomic E-state index is -1.18. The van der Waals surface area contributed by atoms with Crippen molar-refractivity contribution in [3.63, 3.8) is 0 Å². The van der Waals surface area contributed by atoms with Crippen molar-refractivity contribution in [2.75, 3.05) is 0 Å². The van der Waals surface area contributed by atoms with Gasteiger partial charge in [-0.05, 0) is 44.9 Å². The van der Waals surface area contributed by atoms with E-state index in [9.17, 15) is 19.7 Å². The van der Waals surface area contributed by atoms with Crippen molar-refractivity contribution in [3.05, 3.63) is 52.6 Å². The maximum Gasteiger partial charge on any atom is 0.408 e. The summed E-state index contributed by atoms with van der Waals surface area (Å²) in [4.78, 5) is 34.7. The van der Waals surface area contributed by atoms with Crippen LogP contribution in [-0.4, -0.2) is 28.1 Å². The summed E-state index contributed by atoms with van der Waals surface area (Å²) in [6.45, 7) is 8.78. The summed E-state index contributed by atoms with van der Waals surface area (Å²) in [6.07, 6.45) is 1.27. The van der Waals surface area contributed by atoms with E-state index in [-0.39, 0.29) is 18.2 Å². The number of nitrogens with zero attached hydrogens (tertiary/aromatic N) is 1. The van der Waals surface area contributed by atoms with Crippen LogP contribution in [0.15, 0.2) is 36.9 Å². The number of non-ortho nitro benzene ring substituents is 1. The van der Waals surface area contributed by atoms with E-state index in [0.29, 0.717) is 12.0 Å². The van der Waals surface area contributed by atoms with Crippen molar-refractivity contribution in [2.24, 2.45) is 5.92 Å². The number of carbonyl (C=O) groups is 2. The predicted octanol–water partition coefficient (Wildman–Crippen LogP) is 3.11. The molecular formula is C18H22N2O6. The van der Waals surface area contributed by atoms with Gasteiger partial charge in [-0.3, -0.25) is 10.1 Å². The van der Waals surface area contributed by atoms with Gasteiger partial charge in [0, 0.05) is 18.1 Å². The van der Waals surface area contributed by atoms with Crippen molar-refractivity contribution in [1.82, 2.24) is 5.32 Å². The van der Waals surface area contributed by atoms with Crippen LogP contribution in [0.2, 0.25) is 0 Å². The first-order chi connectivity index (χ1) is 12.1. The van der Waals surface area contributed by atoms with Crippen molar-refractivity contribution in [1.29, 1.82) is 0 Å². The summed E-state index contributed by atoms with van der Waals surface area (Å²) in [7, 11) is 0. The van der Waals surface area contributed by atoms with Gasteiger partial charge < -0.3 is 14.8 Å². The summed E-state index contributed by atoms with van der Waals surface area (Å²) in [5.74, 6) is -0.828. The zero-order chi connectivity index (χ0) is 19.5. The van der Waals surface area contributed by atoms with Crippen molar-refractivity contribution in [2.45, 2.75) is 44.9 Å². The topological polar surface area (TPSA) is 108 Å². The molecule has 0 unspecified atom stereocenters. The van der Waals surface area contributed by atoms with Crippen molar-refractivity contribution in [3.8, 4) is 0 Å². The van der Waals surface area contributed by atoms with Gasteiger partial charge in [-0.2, -0.15) is 0 Å². The number of amides is 1. The monoisotopic (exact) mass is 362 g/mol. The first kappa shape index (κ1) is 19.4. The van der Waals surface area contributed by atoms with Crippen LogP contribution >= 0.6 is 0 Å². The number of esters is 1. The van der Waals surface area contributed by atoms with Crippen LogP contribution in [0.1, 0.15) is 32.8 Å². The summed E-state index contributed by atoms with van der Waals surface area (Å²) in [5, 5.41) is 13.2. The molecule has 0 aliphatic heterocycles. The fourth-order valence-electron chi connectivity index (χ4n) is 2.48. The molecular weight excluding hydrogens is 340 g/mol. The molecule has 2 rings (SSSR count). The Morgan fingerprint density at radius 1 is 1.38 bits per heavy atom. The molecule has 1 aliphatic carbocycles. The fraction of sp³-hybridized carbons (Fsp3) is 0.444. The Hall–Kier alpha value is -2.90. The summed E-state index contributed by atoms with van der Waals surface area (Å²) in [6, 6.07) is 5.69. The largest absolute Gasteiger partial charge is 0.459 e. The fourth-order valence-corrected chi connectivity index (χ4v) is 2.48. The molecule has 1 N–H and O–H groups in total. The van der Waals surface area contributed by atoms with Crippen LogP contribution in [0.4, 0.5) is 10.5 Å². The quantitative estimate of drug-likeness (QED) is 0.360. The molecule has 1 aliphatic rings. The molecule has 0 heterocycles. The number of carbonyl (C=O) groups excluding carboxylic acids is 2. The van der Waals surface area contributed by atoms with Gasteiger partial charge in [0.2, 0.25) is 0 Å². The molecule has 0 saturated heterocycles. The molecule has 1 aromatic carbocycles. The maximum atomic E-state index is 12.5. The number of ether oxygens (including phenoxy) is 2. The third-order valence-electron chi connectivity index (χ3n) is 3.90. The molecule has 0 radical (unpaired) electrons. The van der Waals surface area contributed by atoms with Crippen LogP contribution in [-0.2, 0) is 20.9 Å². The Morgan fingerprint density at radius 3 is 2.46 bits per heavy atom. The van der Waals surface area contributed by atoms with Crippen LogP contribution in [0.25, 0.3) is 0 Å². The lowest BCUT2D eigenvalue weighted by Crippen LogP contribution is -2.47. The third-order valence-corrected chi connectivity index (χ3v) is 3.90. The zero-order valence-corrected chi connectivity index (χ0v) is 15.0. The predicted molar refractivity (Wildman–Crippen MR) is 93.3 cm³/mol. The molecule has 0 spiro atoms. The van der Waals surface area contributed by atoms with Crippen LogP contribution in [0.3, 0.4) is 0 Å². The lowest BCUT2D eigenvalue weighted by Gasteiger charge is -2.23. The molecule has 1 fully saturated rings. The molecule has 1 saturated carbocycles. The SMILES string of the molecule is C=C[C@@H]1C[C@]1(NC(=O)OC(C)(C)C)C(=O)OCc1ccc([N+](=O)[O-])cc1. The second kappa shape index (κ2) is 7.15. The average Bonchev–Trinajstić information content (AvgIpc) is 3.25. The highest BCUT2D eigenvalue weighted by Crippen LogP contribution is 2.45. The van der Waals surface area contributed by atoms with Gasteiger partial charge in [0.15, 0.2) is 0 Å². The lowest BCUT2D eigenvalue weighted by molar-refractivity contribution is -0.384. The van der Waals surface area contributed by atoms with Gasteiger partial charge in [0.1, 0.15) is 17.7 Å². The van der Waals surface area contributed by atoms with E-state index < -0.39 is 28.1 Å². The van der Waals surface area contributed by atoms with Crippen LogP contribution < -0.4 is 5.32 Å². The van der Waals surface area contributed by atoms with E-state index in [2.05, 4.69) is 11.9 Å². The molecule has 8 heteroatoms. The molecule has 0 aromatic heterocycles. The van der Waals surface area contributed by atoms with E-state index in [1.807, 2.05) is 0 Å². The smallest absolute Gasteiger partial charge is 0.408 e. The highest BCUT2D eigenvalue weighted by atomic mass is 16.6. The summed E-state index contributed by atoms with van der Waals surface area (Å²) in [5.41, 5.74) is -1.30. The highest BCUT2D eigenvalue weighted by molar-refractivity contribution is 5.90. The Morgan fingerprint density at radius 2 is 2.00 bits per heavy atom. The Balaban J connectivity index is 1.99. The second-order valence-electron chi connectivity index (χ2n) is 7.14. The van der Waals surface area contributed by atoms with Gasteiger partial charge >= 0.3 is 12.1 Å². The number of rotatable bonds is 6. The maximum absolute atomic E-state index is 12.5. The number of nitro groups is 1. The van der Waals surface area contributed by atoms with E-state index in [4.69, 9.17) is 9.47 Å². The minimum Gasteiger partial charge on any atom is -0.459 e. The number of nitro benzene ring substituents is 1. The van der Waals surface area contributed by atoms with Gasteiger partial charge in [-0.25, -0.2) is 9.59 Å².